The Kier molecular flexibility index (Phi) is 8.08. The molecule has 1 aromatic heterocycles. The third-order valence-corrected chi connectivity index (χ3v) is 5.76. The summed E-state index contributed by atoms with van der Waals surface area (Å²) in [6, 6.07) is 2.22. The predicted octanol–water partition coefficient (Wildman–Crippen LogP) is 2.44. The first-order valence-corrected chi connectivity index (χ1v) is 10.4. The highest BCUT2D eigenvalue weighted by Crippen LogP contribution is 2.26. The lowest BCUT2D eigenvalue weighted by Crippen LogP contribution is -2.48. The molecule has 6 nitrogen and oxygen atoms in total. The lowest BCUT2D eigenvalue weighted by atomic mass is 10.1. The van der Waals surface area contributed by atoms with Gasteiger partial charge in [-0.2, -0.15) is 5.26 Å². The predicted molar refractivity (Wildman–Crippen MR) is 108 cm³/mol. The number of hydrogen-bond acceptors (Lipinski definition) is 6. The van der Waals surface area contributed by atoms with E-state index in [2.05, 4.69) is 35.1 Å². The number of amides is 1. The Morgan fingerprint density at radius 3 is 2.81 bits per heavy atom. The molecule has 1 fully saturated rings. The van der Waals surface area contributed by atoms with Crippen molar-refractivity contribution in [3.05, 3.63) is 22.4 Å². The van der Waals surface area contributed by atoms with Gasteiger partial charge in [-0.05, 0) is 37.8 Å². The van der Waals surface area contributed by atoms with Crippen LogP contribution in [0.5, 0.6) is 0 Å². The molecule has 0 saturated carbocycles. The topological polar surface area (TPSA) is 78.2 Å². The molecule has 27 heavy (non-hydrogen) atoms. The monoisotopic (exact) mass is 390 g/mol. The summed E-state index contributed by atoms with van der Waals surface area (Å²) in [4.78, 5) is 19.1. The van der Waals surface area contributed by atoms with E-state index >= 15 is 0 Å². The third-order valence-electron chi connectivity index (χ3n) is 4.79. The molecule has 1 N–H and O–H groups in total. The van der Waals surface area contributed by atoms with Crippen molar-refractivity contribution in [2.75, 3.05) is 38.5 Å². The highest BCUT2D eigenvalue weighted by Gasteiger charge is 2.21. The summed E-state index contributed by atoms with van der Waals surface area (Å²) in [5.41, 5.74) is 3.43. The smallest absolute Gasteiger partial charge is 0.230 e. The number of aromatic nitrogens is 1. The first-order chi connectivity index (χ1) is 12.8. The van der Waals surface area contributed by atoms with Crippen LogP contribution in [-0.2, 0) is 9.53 Å². The first-order valence-electron chi connectivity index (χ1n) is 9.43. The van der Waals surface area contributed by atoms with Crippen molar-refractivity contribution in [2.24, 2.45) is 5.92 Å². The number of morpholine rings is 1. The molecule has 1 saturated heterocycles. The summed E-state index contributed by atoms with van der Waals surface area (Å²) in [5.74, 6) is 0.802. The Hall–Kier alpha value is -1.62. The van der Waals surface area contributed by atoms with Gasteiger partial charge in [0.15, 0.2) is 0 Å². The van der Waals surface area contributed by atoms with E-state index in [-0.39, 0.29) is 17.8 Å². The number of nitrogens with one attached hydrogen (secondary N) is 1. The van der Waals surface area contributed by atoms with Gasteiger partial charge in [0.05, 0.1) is 24.0 Å². The van der Waals surface area contributed by atoms with E-state index in [1.807, 2.05) is 20.8 Å². The molecule has 1 atom stereocenters. The minimum atomic E-state index is -0.0637. The van der Waals surface area contributed by atoms with Gasteiger partial charge in [0.2, 0.25) is 5.91 Å². The molecule has 7 heteroatoms. The van der Waals surface area contributed by atoms with Crippen LogP contribution in [0.25, 0.3) is 0 Å². The van der Waals surface area contributed by atoms with E-state index in [0.29, 0.717) is 29.7 Å². The van der Waals surface area contributed by atoms with Crippen molar-refractivity contribution in [3.8, 4) is 6.07 Å². The highest BCUT2D eigenvalue weighted by molar-refractivity contribution is 8.00. The Balaban J connectivity index is 1.84. The quantitative estimate of drug-likeness (QED) is 0.721. The zero-order valence-corrected chi connectivity index (χ0v) is 17.8. The molecule has 2 rings (SSSR count). The van der Waals surface area contributed by atoms with Gasteiger partial charge in [-0.15, -0.1) is 0 Å². The van der Waals surface area contributed by atoms with Crippen LogP contribution >= 0.6 is 11.8 Å². The van der Waals surface area contributed by atoms with Gasteiger partial charge in [-0.1, -0.05) is 25.6 Å². The standard InChI is InChI=1S/C20H30N4O2S/c1-13(2)10-24-6-7-26-17(11-24)9-22-19(25)12-27-20-18(8-21)15(4)14(3)16(5)23-20/h13,17H,6-7,9-12H2,1-5H3,(H,22,25). The molecule has 1 amide bonds. The normalized spacial score (nSPS) is 17.7. The zero-order chi connectivity index (χ0) is 20.0. The van der Waals surface area contributed by atoms with Crippen LogP contribution in [0.2, 0.25) is 0 Å². The van der Waals surface area contributed by atoms with Crippen molar-refractivity contribution in [3.63, 3.8) is 0 Å². The van der Waals surface area contributed by atoms with Crippen LogP contribution in [0, 0.1) is 38.0 Å². The maximum absolute atomic E-state index is 12.2. The van der Waals surface area contributed by atoms with E-state index in [0.717, 1.165) is 36.5 Å². The van der Waals surface area contributed by atoms with Gasteiger partial charge in [0.25, 0.3) is 0 Å². The highest BCUT2D eigenvalue weighted by atomic mass is 32.2. The molecule has 1 aromatic rings. The number of carbonyl (C=O) groups excluding carboxylic acids is 1. The average Bonchev–Trinajstić information content (AvgIpc) is 2.62. The second kappa shape index (κ2) is 10.1. The molecular formula is C20H30N4O2S. The Bertz CT molecular complexity index is 715. The molecule has 2 heterocycles. The second-order valence-corrected chi connectivity index (χ2v) is 8.44. The van der Waals surface area contributed by atoms with Crippen LogP contribution in [0.3, 0.4) is 0 Å². The summed E-state index contributed by atoms with van der Waals surface area (Å²) in [6.07, 6.45) is 0.0307. The molecule has 0 aliphatic carbocycles. The molecule has 1 aliphatic heterocycles. The van der Waals surface area contributed by atoms with E-state index in [4.69, 9.17) is 4.74 Å². The van der Waals surface area contributed by atoms with Crippen LogP contribution in [-0.4, -0.2) is 60.4 Å². The molecule has 148 valence electrons. The fourth-order valence-corrected chi connectivity index (χ4v) is 4.06. The third kappa shape index (κ3) is 6.20. The molecule has 1 unspecified atom stereocenters. The molecule has 1 aliphatic rings. The number of thioether (sulfide) groups is 1. The van der Waals surface area contributed by atoms with Crippen molar-refractivity contribution >= 4 is 17.7 Å². The average molecular weight is 391 g/mol. The number of nitrogens with zero attached hydrogens (tertiary/aromatic N) is 3. The van der Waals surface area contributed by atoms with Crippen molar-refractivity contribution in [1.82, 2.24) is 15.2 Å². The fraction of sp³-hybridized carbons (Fsp3) is 0.650. The number of rotatable bonds is 7. The molecule has 0 bridgehead atoms. The van der Waals surface area contributed by atoms with Crippen LogP contribution in [0.15, 0.2) is 5.03 Å². The Morgan fingerprint density at radius 1 is 1.41 bits per heavy atom. The minimum Gasteiger partial charge on any atom is -0.374 e. The van der Waals surface area contributed by atoms with Crippen molar-refractivity contribution in [1.29, 1.82) is 5.26 Å². The maximum atomic E-state index is 12.2. The number of pyridine rings is 1. The number of ether oxygens (including phenoxy) is 1. The van der Waals surface area contributed by atoms with E-state index in [1.165, 1.54) is 11.8 Å². The summed E-state index contributed by atoms with van der Waals surface area (Å²) >= 11 is 1.32. The summed E-state index contributed by atoms with van der Waals surface area (Å²) in [5, 5.41) is 13.0. The Labute approximate surface area is 166 Å². The van der Waals surface area contributed by atoms with E-state index in [1.54, 1.807) is 0 Å². The molecule has 0 radical (unpaired) electrons. The van der Waals surface area contributed by atoms with Crippen LogP contribution in [0.4, 0.5) is 0 Å². The van der Waals surface area contributed by atoms with Gasteiger partial charge >= 0.3 is 0 Å². The van der Waals surface area contributed by atoms with Gasteiger partial charge in [-0.3, -0.25) is 9.69 Å². The lowest BCUT2D eigenvalue weighted by molar-refractivity contribution is -0.119. The maximum Gasteiger partial charge on any atom is 0.230 e. The van der Waals surface area contributed by atoms with Gasteiger partial charge < -0.3 is 10.1 Å². The Morgan fingerprint density at radius 2 is 2.15 bits per heavy atom. The van der Waals surface area contributed by atoms with E-state index < -0.39 is 0 Å². The largest absolute Gasteiger partial charge is 0.374 e. The molecule has 0 aromatic carbocycles. The number of nitriles is 1. The van der Waals surface area contributed by atoms with Crippen LogP contribution in [0.1, 0.15) is 36.2 Å². The van der Waals surface area contributed by atoms with Gasteiger partial charge in [0, 0.05) is 31.9 Å². The van der Waals surface area contributed by atoms with Crippen LogP contribution < -0.4 is 5.32 Å². The summed E-state index contributed by atoms with van der Waals surface area (Å²) in [7, 11) is 0. The first kappa shape index (κ1) is 21.7. The SMILES string of the molecule is Cc1nc(SCC(=O)NCC2CN(CC(C)C)CCO2)c(C#N)c(C)c1C. The second-order valence-electron chi connectivity index (χ2n) is 7.48. The summed E-state index contributed by atoms with van der Waals surface area (Å²) < 4.78 is 5.77. The van der Waals surface area contributed by atoms with Gasteiger partial charge in [0.1, 0.15) is 11.1 Å². The van der Waals surface area contributed by atoms with Crippen molar-refractivity contribution < 1.29 is 9.53 Å². The molecule has 0 spiro atoms. The van der Waals surface area contributed by atoms with Gasteiger partial charge in [-0.25, -0.2) is 4.98 Å². The van der Waals surface area contributed by atoms with E-state index in [9.17, 15) is 10.1 Å². The van der Waals surface area contributed by atoms with Crippen molar-refractivity contribution in [2.45, 2.75) is 45.7 Å². The fourth-order valence-electron chi connectivity index (χ4n) is 3.15. The molecular weight excluding hydrogens is 360 g/mol. The lowest BCUT2D eigenvalue weighted by Gasteiger charge is -2.33. The minimum absolute atomic E-state index is 0.0307. The number of hydrogen-bond donors (Lipinski definition) is 1. The number of aryl methyl sites for hydroxylation is 1. The summed E-state index contributed by atoms with van der Waals surface area (Å²) in [6.45, 7) is 14.3. The zero-order valence-electron chi connectivity index (χ0n) is 17.0. The number of carbonyl (C=O) groups is 1.